The summed E-state index contributed by atoms with van der Waals surface area (Å²) in [5, 5.41) is 3.45. The van der Waals surface area contributed by atoms with Crippen LogP contribution < -0.4 is 5.32 Å². The van der Waals surface area contributed by atoms with E-state index in [1.165, 1.54) is 31.7 Å². The van der Waals surface area contributed by atoms with Crippen molar-refractivity contribution in [1.29, 1.82) is 0 Å². The molecule has 1 saturated carbocycles. The van der Waals surface area contributed by atoms with Crippen molar-refractivity contribution in [3.05, 3.63) is 35.6 Å². The van der Waals surface area contributed by atoms with E-state index in [2.05, 4.69) is 12.2 Å². The van der Waals surface area contributed by atoms with E-state index in [9.17, 15) is 4.39 Å². The predicted molar refractivity (Wildman–Crippen MR) is 69.2 cm³/mol. The van der Waals surface area contributed by atoms with E-state index in [4.69, 9.17) is 0 Å². The highest BCUT2D eigenvalue weighted by atomic mass is 19.1. The molecule has 0 unspecified atom stereocenters. The molecular weight excluding hydrogens is 213 g/mol. The maximum Gasteiger partial charge on any atom is 0.123 e. The van der Waals surface area contributed by atoms with E-state index < -0.39 is 0 Å². The van der Waals surface area contributed by atoms with Crippen LogP contribution in [0.2, 0.25) is 0 Å². The minimum absolute atomic E-state index is 0.143. The van der Waals surface area contributed by atoms with Gasteiger partial charge in [0.05, 0.1) is 0 Å². The molecule has 1 N–H and O–H groups in total. The van der Waals surface area contributed by atoms with E-state index in [1.54, 1.807) is 12.1 Å². The maximum atomic E-state index is 13.0. The normalized spacial score (nSPS) is 24.8. The van der Waals surface area contributed by atoms with Crippen molar-refractivity contribution in [3.8, 4) is 0 Å². The lowest BCUT2D eigenvalue weighted by Crippen LogP contribution is -2.25. The Labute approximate surface area is 103 Å². The first-order valence-corrected chi connectivity index (χ1v) is 6.69. The standard InChI is InChI=1S/C15H22FN/c1-12-5-7-13(8-6-12)10-17-11-14-3-2-4-15(16)9-14/h2-4,9,12-13,17H,5-8,10-11H2,1H3. The zero-order valence-corrected chi connectivity index (χ0v) is 10.6. The average Bonchev–Trinajstić information content (AvgIpc) is 2.32. The van der Waals surface area contributed by atoms with Crippen molar-refractivity contribution in [2.24, 2.45) is 11.8 Å². The van der Waals surface area contributed by atoms with Crippen LogP contribution >= 0.6 is 0 Å². The summed E-state index contributed by atoms with van der Waals surface area (Å²) in [5.41, 5.74) is 1.04. The molecule has 1 aliphatic rings. The van der Waals surface area contributed by atoms with Gasteiger partial charge >= 0.3 is 0 Å². The van der Waals surface area contributed by atoms with Crippen molar-refractivity contribution in [2.75, 3.05) is 6.54 Å². The molecule has 1 nitrogen and oxygen atoms in total. The summed E-state index contributed by atoms with van der Waals surface area (Å²) in [6.07, 6.45) is 5.42. The zero-order chi connectivity index (χ0) is 12.1. The van der Waals surface area contributed by atoms with Gasteiger partial charge in [0.25, 0.3) is 0 Å². The van der Waals surface area contributed by atoms with E-state index in [0.29, 0.717) is 0 Å². The van der Waals surface area contributed by atoms with Crippen LogP contribution in [-0.2, 0) is 6.54 Å². The molecule has 2 rings (SSSR count). The van der Waals surface area contributed by atoms with Crippen LogP contribution in [0.5, 0.6) is 0 Å². The third kappa shape index (κ3) is 4.12. The summed E-state index contributed by atoms with van der Waals surface area (Å²) < 4.78 is 13.0. The Balaban J connectivity index is 1.69. The summed E-state index contributed by atoms with van der Waals surface area (Å²) in [7, 11) is 0. The highest BCUT2D eigenvalue weighted by Gasteiger charge is 2.17. The zero-order valence-electron chi connectivity index (χ0n) is 10.6. The molecule has 0 atom stereocenters. The van der Waals surface area contributed by atoms with Crippen LogP contribution in [0.4, 0.5) is 4.39 Å². The Bertz CT molecular complexity index is 343. The second-order valence-electron chi connectivity index (χ2n) is 5.39. The molecule has 0 amide bonds. The fraction of sp³-hybridized carbons (Fsp3) is 0.600. The van der Waals surface area contributed by atoms with Gasteiger partial charge in [0.2, 0.25) is 0 Å². The molecule has 0 saturated heterocycles. The molecule has 1 fully saturated rings. The van der Waals surface area contributed by atoms with Gasteiger partial charge in [0.15, 0.2) is 0 Å². The quantitative estimate of drug-likeness (QED) is 0.838. The predicted octanol–water partition coefficient (Wildman–Crippen LogP) is 3.74. The minimum Gasteiger partial charge on any atom is -0.312 e. The molecule has 17 heavy (non-hydrogen) atoms. The lowest BCUT2D eigenvalue weighted by Gasteiger charge is -2.26. The van der Waals surface area contributed by atoms with Gasteiger partial charge in [-0.3, -0.25) is 0 Å². The van der Waals surface area contributed by atoms with Gasteiger partial charge in [-0.2, -0.15) is 0 Å². The Kier molecular flexibility index (Phi) is 4.55. The number of nitrogens with one attached hydrogen (secondary N) is 1. The van der Waals surface area contributed by atoms with E-state index in [0.717, 1.165) is 30.5 Å². The molecule has 0 bridgehead atoms. The van der Waals surface area contributed by atoms with E-state index in [-0.39, 0.29) is 5.82 Å². The lowest BCUT2D eigenvalue weighted by atomic mass is 9.83. The van der Waals surface area contributed by atoms with Gasteiger partial charge < -0.3 is 5.32 Å². The first kappa shape index (κ1) is 12.6. The van der Waals surface area contributed by atoms with Crippen molar-refractivity contribution >= 4 is 0 Å². The Morgan fingerprint density at radius 2 is 2.00 bits per heavy atom. The van der Waals surface area contributed by atoms with Crippen LogP contribution in [0.1, 0.15) is 38.2 Å². The Hall–Kier alpha value is -0.890. The van der Waals surface area contributed by atoms with Crippen LogP contribution in [0, 0.1) is 17.7 Å². The summed E-state index contributed by atoms with van der Waals surface area (Å²) >= 11 is 0. The van der Waals surface area contributed by atoms with E-state index in [1.807, 2.05) is 6.07 Å². The van der Waals surface area contributed by atoms with Gasteiger partial charge in [-0.05, 0) is 48.9 Å². The number of halogens is 1. The number of hydrogen-bond donors (Lipinski definition) is 1. The molecule has 0 radical (unpaired) electrons. The molecule has 1 aromatic carbocycles. The molecule has 0 aliphatic heterocycles. The fourth-order valence-corrected chi connectivity index (χ4v) is 2.60. The first-order valence-electron chi connectivity index (χ1n) is 6.69. The molecule has 94 valence electrons. The monoisotopic (exact) mass is 235 g/mol. The van der Waals surface area contributed by atoms with Crippen molar-refractivity contribution in [3.63, 3.8) is 0 Å². The van der Waals surface area contributed by atoms with Crippen molar-refractivity contribution in [2.45, 2.75) is 39.2 Å². The Morgan fingerprint density at radius 3 is 2.71 bits per heavy atom. The second kappa shape index (κ2) is 6.15. The third-order valence-electron chi connectivity index (χ3n) is 3.79. The smallest absolute Gasteiger partial charge is 0.123 e. The van der Waals surface area contributed by atoms with Crippen LogP contribution in [0.15, 0.2) is 24.3 Å². The second-order valence-corrected chi connectivity index (χ2v) is 5.39. The molecular formula is C15H22FN. The average molecular weight is 235 g/mol. The van der Waals surface area contributed by atoms with Crippen molar-refractivity contribution < 1.29 is 4.39 Å². The molecule has 1 aliphatic carbocycles. The minimum atomic E-state index is -0.143. The van der Waals surface area contributed by atoms with E-state index >= 15 is 0 Å². The molecule has 1 aromatic rings. The number of benzene rings is 1. The van der Waals surface area contributed by atoms with Gasteiger partial charge in [-0.1, -0.05) is 31.9 Å². The summed E-state index contributed by atoms with van der Waals surface area (Å²) in [6.45, 7) is 4.20. The van der Waals surface area contributed by atoms with Gasteiger partial charge in [-0.15, -0.1) is 0 Å². The third-order valence-corrected chi connectivity index (χ3v) is 3.79. The Morgan fingerprint density at radius 1 is 1.24 bits per heavy atom. The molecule has 0 heterocycles. The fourth-order valence-electron chi connectivity index (χ4n) is 2.60. The number of hydrogen-bond acceptors (Lipinski definition) is 1. The van der Waals surface area contributed by atoms with Gasteiger partial charge in [0.1, 0.15) is 5.82 Å². The van der Waals surface area contributed by atoms with Gasteiger partial charge in [0, 0.05) is 6.54 Å². The first-order chi connectivity index (χ1) is 8.24. The molecule has 2 heteroatoms. The molecule has 0 spiro atoms. The van der Waals surface area contributed by atoms with Crippen molar-refractivity contribution in [1.82, 2.24) is 5.32 Å². The topological polar surface area (TPSA) is 12.0 Å². The summed E-state index contributed by atoms with van der Waals surface area (Å²) in [5.74, 6) is 1.59. The molecule has 0 aromatic heterocycles. The largest absolute Gasteiger partial charge is 0.312 e. The number of rotatable bonds is 4. The highest BCUT2D eigenvalue weighted by molar-refractivity contribution is 5.15. The SMILES string of the molecule is CC1CCC(CNCc2cccc(F)c2)CC1. The maximum absolute atomic E-state index is 13.0. The summed E-state index contributed by atoms with van der Waals surface area (Å²) in [4.78, 5) is 0. The van der Waals surface area contributed by atoms with Crippen LogP contribution in [-0.4, -0.2) is 6.54 Å². The van der Waals surface area contributed by atoms with Gasteiger partial charge in [-0.25, -0.2) is 4.39 Å². The van der Waals surface area contributed by atoms with Crippen LogP contribution in [0.25, 0.3) is 0 Å². The highest BCUT2D eigenvalue weighted by Crippen LogP contribution is 2.27. The lowest BCUT2D eigenvalue weighted by molar-refractivity contribution is 0.281. The summed E-state index contributed by atoms with van der Waals surface area (Å²) in [6, 6.07) is 6.84. The van der Waals surface area contributed by atoms with Crippen LogP contribution in [0.3, 0.4) is 0 Å².